The molecule has 0 fully saturated rings. The van der Waals surface area contributed by atoms with Crippen LogP contribution in [0, 0.1) is 5.82 Å². The molecule has 0 unspecified atom stereocenters. The van der Waals surface area contributed by atoms with Gasteiger partial charge in [-0.3, -0.25) is 9.79 Å². The molecule has 29 heavy (non-hydrogen) atoms. The highest BCUT2D eigenvalue weighted by Crippen LogP contribution is 2.20. The third kappa shape index (κ3) is 4.91. The number of carbonyl (C=O) groups is 2. The van der Waals surface area contributed by atoms with E-state index in [1.54, 1.807) is 30.3 Å². The van der Waals surface area contributed by atoms with Crippen LogP contribution in [-0.4, -0.2) is 42.2 Å². The summed E-state index contributed by atoms with van der Waals surface area (Å²) in [5.41, 5.74) is 13.1. The number of hydrogen-bond acceptors (Lipinski definition) is 4. The van der Waals surface area contributed by atoms with E-state index >= 15 is 0 Å². The Morgan fingerprint density at radius 1 is 1.14 bits per heavy atom. The second-order valence-corrected chi connectivity index (χ2v) is 6.79. The molecule has 1 aliphatic heterocycles. The van der Waals surface area contributed by atoms with Crippen molar-refractivity contribution in [3.8, 4) is 0 Å². The van der Waals surface area contributed by atoms with Crippen molar-refractivity contribution in [2.24, 2.45) is 16.5 Å². The Hall–Kier alpha value is -3.39. The first-order chi connectivity index (χ1) is 13.8. The predicted octanol–water partition coefficient (Wildman–Crippen LogP) is 2.62. The third-order valence-electron chi connectivity index (χ3n) is 4.32. The lowest BCUT2D eigenvalue weighted by molar-refractivity contribution is -0.114. The van der Waals surface area contributed by atoms with Crippen LogP contribution < -0.4 is 16.8 Å². The highest BCUT2D eigenvalue weighted by atomic mass is 35.5. The van der Waals surface area contributed by atoms with Crippen LogP contribution in [0.1, 0.15) is 5.56 Å². The van der Waals surface area contributed by atoms with Crippen LogP contribution in [0.3, 0.4) is 0 Å². The summed E-state index contributed by atoms with van der Waals surface area (Å²) in [7, 11) is 0. The van der Waals surface area contributed by atoms with Gasteiger partial charge in [0.2, 0.25) is 0 Å². The number of amides is 3. The van der Waals surface area contributed by atoms with Crippen LogP contribution in [-0.2, 0) is 4.79 Å². The molecule has 2 aromatic rings. The number of carbonyl (C=O) groups excluding carboxylic acids is 2. The average Bonchev–Trinajstić information content (AvgIpc) is 2.68. The van der Waals surface area contributed by atoms with E-state index < -0.39 is 17.8 Å². The summed E-state index contributed by atoms with van der Waals surface area (Å²) in [5, 5.41) is 3.08. The van der Waals surface area contributed by atoms with Gasteiger partial charge in [-0.2, -0.15) is 0 Å². The number of anilines is 1. The molecular weight excluding hydrogens is 397 g/mol. The Bertz CT molecular complexity index is 1020. The molecule has 5 N–H and O–H groups in total. The Labute approximate surface area is 171 Å². The maximum atomic E-state index is 13.3. The van der Waals surface area contributed by atoms with Gasteiger partial charge in [-0.15, -0.1) is 0 Å². The number of aliphatic imine (C=N–C) groups is 1. The smallest absolute Gasteiger partial charge is 0.322 e. The molecule has 7 nitrogen and oxygen atoms in total. The summed E-state index contributed by atoms with van der Waals surface area (Å²) in [6.45, 7) is 0.625. The van der Waals surface area contributed by atoms with Crippen molar-refractivity contribution in [3.05, 3.63) is 70.5 Å². The number of halogens is 2. The summed E-state index contributed by atoms with van der Waals surface area (Å²) >= 11 is 6.00. The number of nitrogens with zero attached hydrogens (tertiary/aromatic N) is 2. The predicted molar refractivity (Wildman–Crippen MR) is 111 cm³/mol. The van der Waals surface area contributed by atoms with E-state index in [1.165, 1.54) is 23.1 Å². The largest absolute Gasteiger partial charge is 0.398 e. The first-order valence-electron chi connectivity index (χ1n) is 8.76. The third-order valence-corrected chi connectivity index (χ3v) is 4.55. The van der Waals surface area contributed by atoms with Gasteiger partial charge >= 0.3 is 6.03 Å². The van der Waals surface area contributed by atoms with Crippen molar-refractivity contribution in [1.29, 1.82) is 0 Å². The van der Waals surface area contributed by atoms with Crippen molar-refractivity contribution in [3.63, 3.8) is 0 Å². The maximum absolute atomic E-state index is 13.3. The summed E-state index contributed by atoms with van der Waals surface area (Å²) in [6, 6.07) is 11.8. The van der Waals surface area contributed by atoms with E-state index in [1.807, 2.05) is 0 Å². The summed E-state index contributed by atoms with van der Waals surface area (Å²) in [6.07, 6.45) is 0. The van der Waals surface area contributed by atoms with Crippen LogP contribution in [0.25, 0.3) is 5.70 Å². The number of urea groups is 1. The summed E-state index contributed by atoms with van der Waals surface area (Å²) < 4.78 is 13.3. The lowest BCUT2D eigenvalue weighted by Crippen LogP contribution is -2.45. The molecule has 1 heterocycles. The number of nitrogens with two attached hydrogens (primary N) is 2. The number of benzene rings is 2. The topological polar surface area (TPSA) is 114 Å². The van der Waals surface area contributed by atoms with Gasteiger partial charge in [-0.05, 0) is 35.9 Å². The SMILES string of the molecule is NC(=O)C(C1=NCCN(C(=O)Nc2cccc(F)c2)C1)=C(N)c1cccc(Cl)c1. The van der Waals surface area contributed by atoms with Crippen LogP contribution >= 0.6 is 11.6 Å². The quantitative estimate of drug-likeness (QED) is 0.667. The van der Waals surface area contributed by atoms with E-state index in [2.05, 4.69) is 10.3 Å². The molecule has 0 radical (unpaired) electrons. The molecule has 0 bridgehead atoms. The summed E-state index contributed by atoms with van der Waals surface area (Å²) in [5.74, 6) is -1.22. The van der Waals surface area contributed by atoms with Crippen molar-refractivity contribution >= 4 is 40.6 Å². The minimum absolute atomic E-state index is 0.0285. The van der Waals surface area contributed by atoms with Gasteiger partial charge < -0.3 is 21.7 Å². The van der Waals surface area contributed by atoms with Crippen molar-refractivity contribution in [1.82, 2.24) is 4.90 Å². The molecule has 150 valence electrons. The molecule has 9 heteroatoms. The minimum Gasteiger partial charge on any atom is -0.398 e. The van der Waals surface area contributed by atoms with Crippen LogP contribution in [0.15, 0.2) is 59.1 Å². The monoisotopic (exact) mass is 415 g/mol. The number of rotatable bonds is 4. The Morgan fingerprint density at radius 2 is 1.90 bits per heavy atom. The highest BCUT2D eigenvalue weighted by Gasteiger charge is 2.26. The van der Waals surface area contributed by atoms with Gasteiger partial charge in [-0.1, -0.05) is 29.8 Å². The Kier molecular flexibility index (Phi) is 6.13. The maximum Gasteiger partial charge on any atom is 0.322 e. The Morgan fingerprint density at radius 3 is 2.59 bits per heavy atom. The fourth-order valence-corrected chi connectivity index (χ4v) is 3.14. The minimum atomic E-state index is -0.756. The fourth-order valence-electron chi connectivity index (χ4n) is 2.95. The molecule has 2 aromatic carbocycles. The second-order valence-electron chi connectivity index (χ2n) is 6.35. The van der Waals surface area contributed by atoms with Gasteiger partial charge in [0.05, 0.1) is 30.1 Å². The normalized spacial score (nSPS) is 14.7. The highest BCUT2D eigenvalue weighted by molar-refractivity contribution is 6.31. The Balaban J connectivity index is 1.84. The molecule has 0 aliphatic carbocycles. The molecule has 0 saturated heterocycles. The molecule has 3 amide bonds. The van der Waals surface area contributed by atoms with E-state index in [0.29, 0.717) is 28.5 Å². The molecule has 0 spiro atoms. The fraction of sp³-hybridized carbons (Fsp3) is 0.150. The van der Waals surface area contributed by atoms with E-state index in [9.17, 15) is 14.0 Å². The van der Waals surface area contributed by atoms with E-state index in [4.69, 9.17) is 23.1 Å². The number of primary amides is 1. The van der Waals surface area contributed by atoms with Crippen LogP contribution in [0.5, 0.6) is 0 Å². The zero-order valence-corrected chi connectivity index (χ0v) is 16.1. The van der Waals surface area contributed by atoms with Crippen molar-refractivity contribution in [2.75, 3.05) is 25.0 Å². The molecule has 0 aromatic heterocycles. The van der Waals surface area contributed by atoms with Gasteiger partial charge in [0.15, 0.2) is 0 Å². The lowest BCUT2D eigenvalue weighted by atomic mass is 10.0. The van der Waals surface area contributed by atoms with Crippen LogP contribution in [0.2, 0.25) is 5.02 Å². The van der Waals surface area contributed by atoms with E-state index in [0.717, 1.165) is 0 Å². The standard InChI is InChI=1S/C20H19ClFN5O2/c21-13-4-1-3-12(9-13)18(23)17(19(24)28)16-11-27(8-7-25-16)20(29)26-15-6-2-5-14(22)10-15/h1-6,9-10H,7-8,11,23H2,(H2,24,28)(H,26,29). The molecule has 0 atom stereocenters. The van der Waals surface area contributed by atoms with Gasteiger partial charge in [0, 0.05) is 17.3 Å². The zero-order valence-electron chi connectivity index (χ0n) is 15.4. The lowest BCUT2D eigenvalue weighted by Gasteiger charge is -2.27. The summed E-state index contributed by atoms with van der Waals surface area (Å²) in [4.78, 5) is 30.5. The molecule has 3 rings (SSSR count). The van der Waals surface area contributed by atoms with Gasteiger partial charge in [-0.25, -0.2) is 9.18 Å². The second kappa shape index (κ2) is 8.74. The first-order valence-corrected chi connectivity index (χ1v) is 9.13. The molecule has 1 aliphatic rings. The van der Waals surface area contributed by atoms with Gasteiger partial charge in [0.1, 0.15) is 5.82 Å². The van der Waals surface area contributed by atoms with Crippen molar-refractivity contribution < 1.29 is 14.0 Å². The zero-order chi connectivity index (χ0) is 21.0. The molecular formula is C20H19ClFN5O2. The van der Waals surface area contributed by atoms with Gasteiger partial charge in [0.25, 0.3) is 5.91 Å². The van der Waals surface area contributed by atoms with Crippen molar-refractivity contribution in [2.45, 2.75) is 0 Å². The number of nitrogens with one attached hydrogen (secondary N) is 1. The van der Waals surface area contributed by atoms with Crippen LogP contribution in [0.4, 0.5) is 14.9 Å². The average molecular weight is 416 g/mol. The molecule has 0 saturated carbocycles. The first kappa shape index (κ1) is 20.3. The number of hydrogen-bond donors (Lipinski definition) is 3. The van der Waals surface area contributed by atoms with E-state index in [-0.39, 0.29) is 24.4 Å².